The fourth-order valence-electron chi connectivity index (χ4n) is 2.42. The number of morpholine rings is 1. The number of benzene rings is 1. The minimum atomic E-state index is -0.125. The molecule has 2 N–H and O–H groups in total. The predicted molar refractivity (Wildman–Crippen MR) is 83.2 cm³/mol. The lowest BCUT2D eigenvalue weighted by Gasteiger charge is -2.40. The van der Waals surface area contributed by atoms with E-state index in [1.807, 2.05) is 30.3 Å². The quantitative estimate of drug-likeness (QED) is 0.866. The third-order valence-electron chi connectivity index (χ3n) is 3.84. The average Bonchev–Trinajstić information content (AvgIpc) is 2.53. The van der Waals surface area contributed by atoms with Crippen LogP contribution in [-0.4, -0.2) is 49.3 Å². The molecular formula is C16H25N3O2. The highest BCUT2D eigenvalue weighted by molar-refractivity contribution is 5.73. The first kappa shape index (κ1) is 15.8. The smallest absolute Gasteiger partial charge is 0.315 e. The van der Waals surface area contributed by atoms with Gasteiger partial charge in [0, 0.05) is 31.7 Å². The van der Waals surface area contributed by atoms with Crippen LogP contribution in [0.1, 0.15) is 19.4 Å². The maximum atomic E-state index is 11.9. The summed E-state index contributed by atoms with van der Waals surface area (Å²) in [5.74, 6) is 0. The molecule has 1 heterocycles. The second kappa shape index (κ2) is 7.43. The molecule has 1 aromatic rings. The number of carbonyl (C=O) groups is 1. The summed E-state index contributed by atoms with van der Waals surface area (Å²) in [6, 6.07) is 9.78. The van der Waals surface area contributed by atoms with E-state index < -0.39 is 0 Å². The van der Waals surface area contributed by atoms with Crippen LogP contribution < -0.4 is 10.6 Å². The molecule has 21 heavy (non-hydrogen) atoms. The van der Waals surface area contributed by atoms with Gasteiger partial charge in [-0.25, -0.2) is 4.79 Å². The lowest BCUT2D eigenvalue weighted by molar-refractivity contribution is -0.00874. The number of rotatable bonds is 5. The van der Waals surface area contributed by atoms with E-state index in [0.717, 1.165) is 31.9 Å². The van der Waals surface area contributed by atoms with Gasteiger partial charge < -0.3 is 15.4 Å². The van der Waals surface area contributed by atoms with E-state index in [0.29, 0.717) is 13.1 Å². The van der Waals surface area contributed by atoms with Crippen molar-refractivity contribution in [2.75, 3.05) is 32.8 Å². The zero-order valence-electron chi connectivity index (χ0n) is 12.9. The molecule has 0 saturated carbocycles. The van der Waals surface area contributed by atoms with Crippen LogP contribution in [0.3, 0.4) is 0 Å². The normalized spacial score (nSPS) is 16.5. The van der Waals surface area contributed by atoms with Crippen molar-refractivity contribution in [3.8, 4) is 0 Å². The Morgan fingerprint density at radius 2 is 1.86 bits per heavy atom. The molecule has 5 nitrogen and oxygen atoms in total. The second-order valence-corrected chi connectivity index (χ2v) is 5.93. The maximum Gasteiger partial charge on any atom is 0.315 e. The Morgan fingerprint density at radius 1 is 1.19 bits per heavy atom. The molecule has 0 atom stereocenters. The molecule has 116 valence electrons. The van der Waals surface area contributed by atoms with E-state index in [1.54, 1.807) is 0 Å². The number of nitrogens with one attached hydrogen (secondary N) is 2. The molecule has 2 amide bonds. The topological polar surface area (TPSA) is 53.6 Å². The van der Waals surface area contributed by atoms with Crippen LogP contribution in [0.25, 0.3) is 0 Å². The van der Waals surface area contributed by atoms with Gasteiger partial charge >= 0.3 is 6.03 Å². The van der Waals surface area contributed by atoms with Gasteiger partial charge in [-0.3, -0.25) is 4.90 Å². The van der Waals surface area contributed by atoms with E-state index >= 15 is 0 Å². The van der Waals surface area contributed by atoms with Crippen LogP contribution >= 0.6 is 0 Å². The molecule has 1 aliphatic heterocycles. The van der Waals surface area contributed by atoms with Crippen molar-refractivity contribution >= 4 is 6.03 Å². The summed E-state index contributed by atoms with van der Waals surface area (Å²) in [7, 11) is 0. The van der Waals surface area contributed by atoms with E-state index in [4.69, 9.17) is 4.74 Å². The van der Waals surface area contributed by atoms with Crippen molar-refractivity contribution in [1.29, 1.82) is 0 Å². The minimum Gasteiger partial charge on any atom is -0.379 e. The first-order chi connectivity index (χ1) is 10.1. The number of carbonyl (C=O) groups excluding carboxylic acids is 1. The Hall–Kier alpha value is -1.59. The SMILES string of the molecule is CC(C)(CNC(=O)NCc1ccccc1)N1CCOCC1. The van der Waals surface area contributed by atoms with Crippen molar-refractivity contribution in [3.63, 3.8) is 0 Å². The van der Waals surface area contributed by atoms with Crippen LogP contribution in [0.2, 0.25) is 0 Å². The molecule has 1 aliphatic rings. The van der Waals surface area contributed by atoms with E-state index in [1.165, 1.54) is 0 Å². The Balaban J connectivity index is 1.72. The van der Waals surface area contributed by atoms with Crippen molar-refractivity contribution < 1.29 is 9.53 Å². The highest BCUT2D eigenvalue weighted by Gasteiger charge is 2.28. The van der Waals surface area contributed by atoms with Gasteiger partial charge in [0.15, 0.2) is 0 Å². The number of amides is 2. The molecule has 0 unspecified atom stereocenters. The monoisotopic (exact) mass is 291 g/mol. The Morgan fingerprint density at radius 3 is 2.52 bits per heavy atom. The van der Waals surface area contributed by atoms with Crippen molar-refractivity contribution in [1.82, 2.24) is 15.5 Å². The third-order valence-corrected chi connectivity index (χ3v) is 3.84. The van der Waals surface area contributed by atoms with Crippen LogP contribution in [0.4, 0.5) is 4.79 Å². The highest BCUT2D eigenvalue weighted by Crippen LogP contribution is 2.14. The van der Waals surface area contributed by atoms with Crippen LogP contribution in [-0.2, 0) is 11.3 Å². The van der Waals surface area contributed by atoms with Gasteiger partial charge in [0.05, 0.1) is 13.2 Å². The molecule has 1 saturated heterocycles. The van der Waals surface area contributed by atoms with Gasteiger partial charge in [-0.1, -0.05) is 30.3 Å². The van der Waals surface area contributed by atoms with Gasteiger partial charge in [-0.2, -0.15) is 0 Å². The summed E-state index contributed by atoms with van der Waals surface area (Å²) in [5, 5.41) is 5.84. The maximum absolute atomic E-state index is 11.9. The summed E-state index contributed by atoms with van der Waals surface area (Å²) in [6.45, 7) is 8.83. The zero-order valence-corrected chi connectivity index (χ0v) is 12.9. The fourth-order valence-corrected chi connectivity index (χ4v) is 2.42. The number of hydrogen-bond donors (Lipinski definition) is 2. The standard InChI is InChI=1S/C16H25N3O2/c1-16(2,19-8-10-21-11-9-19)13-18-15(20)17-12-14-6-4-3-5-7-14/h3-7H,8-13H2,1-2H3,(H2,17,18,20). The van der Waals surface area contributed by atoms with Crippen molar-refractivity contribution in [2.24, 2.45) is 0 Å². The van der Waals surface area contributed by atoms with Crippen molar-refractivity contribution in [2.45, 2.75) is 25.9 Å². The van der Waals surface area contributed by atoms with Gasteiger partial charge in [0.2, 0.25) is 0 Å². The third kappa shape index (κ3) is 5.02. The molecular weight excluding hydrogens is 266 g/mol. The first-order valence-electron chi connectivity index (χ1n) is 7.46. The molecule has 0 aliphatic carbocycles. The minimum absolute atomic E-state index is 0.0616. The summed E-state index contributed by atoms with van der Waals surface area (Å²) in [5.41, 5.74) is 1.04. The van der Waals surface area contributed by atoms with E-state index in [-0.39, 0.29) is 11.6 Å². The molecule has 0 aromatic heterocycles. The number of hydrogen-bond acceptors (Lipinski definition) is 3. The molecule has 1 fully saturated rings. The fraction of sp³-hybridized carbons (Fsp3) is 0.562. The van der Waals surface area contributed by atoms with E-state index in [2.05, 4.69) is 29.4 Å². The molecule has 2 rings (SSSR count). The van der Waals surface area contributed by atoms with Crippen LogP contribution in [0.5, 0.6) is 0 Å². The summed E-state index contributed by atoms with van der Waals surface area (Å²) >= 11 is 0. The molecule has 0 bridgehead atoms. The van der Waals surface area contributed by atoms with Gasteiger partial charge in [0.1, 0.15) is 0 Å². The lowest BCUT2D eigenvalue weighted by Crippen LogP contribution is -2.56. The number of ether oxygens (including phenoxy) is 1. The molecule has 0 spiro atoms. The molecule has 5 heteroatoms. The predicted octanol–water partition coefficient (Wildman–Crippen LogP) is 1.60. The van der Waals surface area contributed by atoms with Gasteiger partial charge in [0.25, 0.3) is 0 Å². The largest absolute Gasteiger partial charge is 0.379 e. The Bertz CT molecular complexity index is 442. The van der Waals surface area contributed by atoms with Crippen LogP contribution in [0, 0.1) is 0 Å². The highest BCUT2D eigenvalue weighted by atomic mass is 16.5. The molecule has 0 radical (unpaired) electrons. The summed E-state index contributed by atoms with van der Waals surface area (Å²) < 4.78 is 5.37. The molecule has 1 aromatic carbocycles. The first-order valence-corrected chi connectivity index (χ1v) is 7.46. The number of urea groups is 1. The second-order valence-electron chi connectivity index (χ2n) is 5.93. The summed E-state index contributed by atoms with van der Waals surface area (Å²) in [4.78, 5) is 14.2. The number of nitrogens with zero attached hydrogens (tertiary/aromatic N) is 1. The Labute approximate surface area is 126 Å². The average molecular weight is 291 g/mol. The van der Waals surface area contributed by atoms with E-state index in [9.17, 15) is 4.79 Å². The lowest BCUT2D eigenvalue weighted by atomic mass is 10.0. The summed E-state index contributed by atoms with van der Waals surface area (Å²) in [6.07, 6.45) is 0. The van der Waals surface area contributed by atoms with Crippen molar-refractivity contribution in [3.05, 3.63) is 35.9 Å². The zero-order chi connectivity index (χ0) is 15.1. The Kier molecular flexibility index (Phi) is 5.59. The van der Waals surface area contributed by atoms with Crippen LogP contribution in [0.15, 0.2) is 30.3 Å². The van der Waals surface area contributed by atoms with Gasteiger partial charge in [-0.15, -0.1) is 0 Å². The van der Waals surface area contributed by atoms with Gasteiger partial charge in [-0.05, 0) is 19.4 Å².